The Bertz CT molecular complexity index is 418. The van der Waals surface area contributed by atoms with Gasteiger partial charge in [-0.2, -0.15) is 0 Å². The molecule has 0 unspecified atom stereocenters. The van der Waals surface area contributed by atoms with Gasteiger partial charge in [0.15, 0.2) is 0 Å². The Morgan fingerprint density at radius 2 is 1.04 bits per heavy atom. The third kappa shape index (κ3) is 23.3. The second-order valence-electron chi connectivity index (χ2n) is 3.83. The SMILES string of the molecule is NCCCC(=O)OOP(=O)(O)O.NCCCC(=O)OOP(=O)(O)O. The van der Waals surface area contributed by atoms with E-state index >= 15 is 0 Å². The van der Waals surface area contributed by atoms with Crippen LogP contribution in [0.1, 0.15) is 25.7 Å². The predicted molar refractivity (Wildman–Crippen MR) is 75.0 cm³/mol. The van der Waals surface area contributed by atoms with Crippen molar-refractivity contribution < 1.29 is 57.4 Å². The first-order valence-electron chi connectivity index (χ1n) is 6.20. The van der Waals surface area contributed by atoms with Gasteiger partial charge in [-0.15, -0.1) is 0 Å². The van der Waals surface area contributed by atoms with Gasteiger partial charge in [0.05, 0.1) is 12.8 Å². The van der Waals surface area contributed by atoms with Crippen LogP contribution in [-0.2, 0) is 37.8 Å². The van der Waals surface area contributed by atoms with E-state index in [4.69, 9.17) is 31.0 Å². The molecule has 0 amide bonds. The summed E-state index contributed by atoms with van der Waals surface area (Å²) in [5.74, 6) is -1.72. The molecule has 0 aromatic rings. The van der Waals surface area contributed by atoms with Crippen LogP contribution >= 0.6 is 15.6 Å². The van der Waals surface area contributed by atoms with Crippen molar-refractivity contribution >= 4 is 27.6 Å². The van der Waals surface area contributed by atoms with Gasteiger partial charge in [0.25, 0.3) is 0 Å². The van der Waals surface area contributed by atoms with Gasteiger partial charge in [0.1, 0.15) is 0 Å². The highest BCUT2D eigenvalue weighted by atomic mass is 31.2. The molecule has 0 aliphatic rings. The van der Waals surface area contributed by atoms with E-state index in [0.29, 0.717) is 25.9 Å². The molecule has 144 valence electrons. The van der Waals surface area contributed by atoms with Gasteiger partial charge in [-0.1, -0.05) is 9.35 Å². The van der Waals surface area contributed by atoms with E-state index in [2.05, 4.69) is 19.1 Å². The highest BCUT2D eigenvalue weighted by Crippen LogP contribution is 2.36. The van der Waals surface area contributed by atoms with Gasteiger partial charge in [-0.3, -0.25) is 9.78 Å². The summed E-state index contributed by atoms with van der Waals surface area (Å²) in [7, 11) is -9.45. The average Bonchev–Trinajstić information content (AvgIpc) is 2.46. The van der Waals surface area contributed by atoms with Crippen molar-refractivity contribution in [3.63, 3.8) is 0 Å². The molecule has 0 saturated heterocycles. The smallest absolute Gasteiger partial charge is 0.330 e. The first kappa shape index (κ1) is 25.3. The van der Waals surface area contributed by atoms with Crippen LogP contribution in [0.25, 0.3) is 0 Å². The predicted octanol–water partition coefficient (Wildman–Crippen LogP) is -1.41. The van der Waals surface area contributed by atoms with Gasteiger partial charge in [0.2, 0.25) is 0 Å². The van der Waals surface area contributed by atoms with Crippen molar-refractivity contribution in [1.29, 1.82) is 0 Å². The van der Waals surface area contributed by atoms with Crippen LogP contribution in [0.5, 0.6) is 0 Å². The first-order valence-corrected chi connectivity index (χ1v) is 9.26. The molecule has 24 heavy (non-hydrogen) atoms. The van der Waals surface area contributed by atoms with Gasteiger partial charge >= 0.3 is 27.6 Å². The maximum absolute atomic E-state index is 10.5. The lowest BCUT2D eigenvalue weighted by Gasteiger charge is -2.02. The summed E-state index contributed by atoms with van der Waals surface area (Å²) in [6.45, 7) is 0.593. The topological polar surface area (TPSA) is 238 Å². The molecule has 8 N–H and O–H groups in total. The maximum Gasteiger partial charge on any atom is 0.505 e. The second-order valence-corrected chi connectivity index (χ2v) is 6.09. The fourth-order valence-corrected chi connectivity index (χ4v) is 1.12. The molecule has 0 spiro atoms. The number of carbonyl (C=O) groups excluding carboxylic acids is 2. The Labute approximate surface area is 136 Å². The van der Waals surface area contributed by atoms with Crippen molar-refractivity contribution in [2.24, 2.45) is 11.5 Å². The number of nitrogens with two attached hydrogens (primary N) is 2. The fraction of sp³-hybridized carbons (Fsp3) is 0.750. The summed E-state index contributed by atoms with van der Waals surface area (Å²) >= 11 is 0. The summed E-state index contributed by atoms with van der Waals surface area (Å²) < 4.78 is 26.9. The van der Waals surface area contributed by atoms with Crippen LogP contribution in [-0.4, -0.2) is 44.6 Å². The van der Waals surface area contributed by atoms with Crippen LogP contribution in [0.2, 0.25) is 0 Å². The van der Waals surface area contributed by atoms with Gasteiger partial charge in [-0.25, -0.2) is 18.7 Å². The van der Waals surface area contributed by atoms with Crippen LogP contribution < -0.4 is 11.5 Å². The number of hydrogen-bond donors (Lipinski definition) is 6. The molecule has 0 aliphatic carbocycles. The molecule has 0 radical (unpaired) electrons. The molecule has 0 aromatic carbocycles. The number of hydrogen-bond acceptors (Lipinski definition) is 10. The van der Waals surface area contributed by atoms with Crippen molar-refractivity contribution in [3.05, 3.63) is 0 Å². The summed E-state index contributed by atoms with van der Waals surface area (Å²) in [6.07, 6.45) is 0.694. The molecule has 16 heteroatoms. The van der Waals surface area contributed by atoms with E-state index in [9.17, 15) is 18.7 Å². The zero-order valence-electron chi connectivity index (χ0n) is 12.3. The summed E-state index contributed by atoms with van der Waals surface area (Å²) in [4.78, 5) is 60.8. The van der Waals surface area contributed by atoms with Crippen molar-refractivity contribution in [3.8, 4) is 0 Å². The van der Waals surface area contributed by atoms with Crippen LogP contribution in [0.15, 0.2) is 0 Å². The van der Waals surface area contributed by atoms with E-state index in [0.717, 1.165) is 0 Å². The second kappa shape index (κ2) is 13.4. The fourth-order valence-electron chi connectivity index (χ4n) is 0.756. The van der Waals surface area contributed by atoms with Crippen LogP contribution in [0.3, 0.4) is 0 Å². The van der Waals surface area contributed by atoms with Crippen molar-refractivity contribution in [1.82, 2.24) is 0 Å². The number of carbonyl (C=O) groups is 2. The Morgan fingerprint density at radius 3 is 1.25 bits per heavy atom. The molecule has 0 aromatic heterocycles. The maximum atomic E-state index is 10.5. The lowest BCUT2D eigenvalue weighted by Crippen LogP contribution is -2.07. The Hall–Kier alpha value is -0.920. The lowest BCUT2D eigenvalue weighted by molar-refractivity contribution is -0.222. The molecule has 0 saturated carbocycles. The van der Waals surface area contributed by atoms with Gasteiger partial charge < -0.3 is 31.0 Å². The zero-order valence-corrected chi connectivity index (χ0v) is 14.1. The third-order valence-corrected chi connectivity index (χ3v) is 2.16. The standard InChI is InChI=1S/2C4H10NO6P/c2*5-3-1-2-4(6)10-11-12(7,8)9/h2*1-3,5H2,(H2,7,8,9). The zero-order chi connectivity index (χ0) is 19.2. The highest BCUT2D eigenvalue weighted by molar-refractivity contribution is 7.46. The minimum atomic E-state index is -4.73. The Balaban J connectivity index is 0. The minimum absolute atomic E-state index is 0.0312. The minimum Gasteiger partial charge on any atom is -0.330 e. The molecule has 0 atom stereocenters. The largest absolute Gasteiger partial charge is 0.505 e. The highest BCUT2D eigenvalue weighted by Gasteiger charge is 2.19. The normalized spacial score (nSPS) is 11.2. The van der Waals surface area contributed by atoms with Crippen molar-refractivity contribution in [2.45, 2.75) is 25.7 Å². The van der Waals surface area contributed by atoms with E-state index in [-0.39, 0.29) is 12.8 Å². The molecule has 0 bridgehead atoms. The number of rotatable bonds is 10. The molecule has 14 nitrogen and oxygen atoms in total. The Morgan fingerprint density at radius 1 is 0.750 bits per heavy atom. The molecule has 0 fully saturated rings. The van der Waals surface area contributed by atoms with E-state index in [1.165, 1.54) is 0 Å². The summed E-state index contributed by atoms with van der Waals surface area (Å²) in [5.41, 5.74) is 10.1. The monoisotopic (exact) mass is 398 g/mol. The third-order valence-electron chi connectivity index (χ3n) is 1.62. The first-order chi connectivity index (χ1) is 10.9. The van der Waals surface area contributed by atoms with Crippen LogP contribution in [0.4, 0.5) is 0 Å². The lowest BCUT2D eigenvalue weighted by atomic mass is 10.3. The summed E-state index contributed by atoms with van der Waals surface area (Å²) in [6, 6.07) is 0. The molecule has 0 heterocycles. The van der Waals surface area contributed by atoms with Gasteiger partial charge in [0, 0.05) is 0 Å². The van der Waals surface area contributed by atoms with E-state index in [1.807, 2.05) is 0 Å². The van der Waals surface area contributed by atoms with Crippen molar-refractivity contribution in [2.75, 3.05) is 13.1 Å². The Kier molecular flexibility index (Phi) is 14.1. The molecular formula is C8H20N2O12P2. The quantitative estimate of drug-likeness (QED) is 0.141. The van der Waals surface area contributed by atoms with E-state index in [1.54, 1.807) is 0 Å². The van der Waals surface area contributed by atoms with Gasteiger partial charge in [-0.05, 0) is 25.9 Å². The molecular weight excluding hydrogens is 378 g/mol. The average molecular weight is 398 g/mol. The van der Waals surface area contributed by atoms with Crippen LogP contribution in [0, 0.1) is 0 Å². The van der Waals surface area contributed by atoms with E-state index < -0.39 is 27.6 Å². The number of phosphoric acid groups is 2. The molecule has 0 rings (SSSR count). The summed E-state index contributed by atoms with van der Waals surface area (Å²) in [5, 5.41) is 0. The molecule has 0 aliphatic heterocycles.